The van der Waals surface area contributed by atoms with Gasteiger partial charge in [0.05, 0.1) is 13.2 Å². The third kappa shape index (κ3) is 6.02. The number of rotatable bonds is 8. The molecule has 0 unspecified atom stereocenters. The van der Waals surface area contributed by atoms with Crippen LogP contribution >= 0.6 is 0 Å². The van der Waals surface area contributed by atoms with Gasteiger partial charge < -0.3 is 19.7 Å². The van der Waals surface area contributed by atoms with E-state index in [1.54, 1.807) is 11.8 Å². The Bertz CT molecular complexity index is 659. The van der Waals surface area contributed by atoms with Crippen LogP contribution in [0, 0.1) is 0 Å². The molecule has 2 rings (SSSR count). The van der Waals surface area contributed by atoms with E-state index in [1.165, 1.54) is 30.4 Å². The molecule has 1 aliphatic rings. The van der Waals surface area contributed by atoms with Crippen molar-refractivity contribution in [3.8, 4) is 11.5 Å². The molecule has 0 radical (unpaired) electrons. The molecule has 0 bridgehead atoms. The van der Waals surface area contributed by atoms with E-state index in [1.807, 2.05) is 0 Å². The van der Waals surface area contributed by atoms with Gasteiger partial charge in [-0.05, 0) is 43.5 Å². The summed E-state index contributed by atoms with van der Waals surface area (Å²) in [4.78, 5) is 25.4. The summed E-state index contributed by atoms with van der Waals surface area (Å²) in [6.45, 7) is 0.477. The van der Waals surface area contributed by atoms with Crippen molar-refractivity contribution in [3.63, 3.8) is 0 Å². The minimum absolute atomic E-state index is 0.0471. The molecule has 0 saturated carbocycles. The number of hydrogen-bond donors (Lipinski definition) is 1. The molecule has 1 N–H and O–H groups in total. The molecule has 2 amide bonds. The van der Waals surface area contributed by atoms with Gasteiger partial charge in [0.15, 0.2) is 11.5 Å². The molecule has 1 aliphatic heterocycles. The van der Waals surface area contributed by atoms with Gasteiger partial charge >= 0.3 is 6.61 Å². The lowest BCUT2D eigenvalue weighted by atomic mass is 10.2. The molecule has 1 saturated heterocycles. The molecule has 0 atom stereocenters. The van der Waals surface area contributed by atoms with E-state index < -0.39 is 12.5 Å². The van der Waals surface area contributed by atoms with E-state index in [-0.39, 0.29) is 30.6 Å². The minimum Gasteiger partial charge on any atom is -0.490 e. The van der Waals surface area contributed by atoms with E-state index in [2.05, 4.69) is 10.1 Å². The summed E-state index contributed by atoms with van der Waals surface area (Å²) in [5.41, 5.74) is 0.580. The number of nitrogens with zero attached hydrogens (tertiary/aromatic N) is 1. The molecule has 1 heterocycles. The maximum absolute atomic E-state index is 12.4. The highest BCUT2D eigenvalue weighted by Crippen LogP contribution is 2.30. The number of carbonyl (C=O) groups is 2. The lowest BCUT2D eigenvalue weighted by Gasteiger charge is -2.14. The van der Waals surface area contributed by atoms with Crippen molar-refractivity contribution in [1.82, 2.24) is 10.2 Å². The molecule has 0 spiro atoms. The second-order valence-electron chi connectivity index (χ2n) is 5.66. The normalized spacial score (nSPS) is 14.1. The quantitative estimate of drug-likeness (QED) is 0.716. The Kier molecular flexibility index (Phi) is 7.37. The molecule has 0 aliphatic carbocycles. The standard InChI is InChI=1S/C18H22F2N2O4/c1-2-25-15-11-13(5-7-14(15)26-18(19)20)6-8-16(23)21-12-17(24)22-9-3-4-10-22/h5-8,11,18H,2-4,9-10,12H2,1H3,(H,21,23)/b8-6+. The number of alkyl halides is 2. The van der Waals surface area contributed by atoms with Gasteiger partial charge in [0.2, 0.25) is 11.8 Å². The summed E-state index contributed by atoms with van der Waals surface area (Å²) in [5, 5.41) is 2.53. The SMILES string of the molecule is CCOc1cc(/C=C/C(=O)NCC(=O)N2CCCC2)ccc1OC(F)F. The van der Waals surface area contributed by atoms with Gasteiger partial charge in [-0.15, -0.1) is 0 Å². The molecular formula is C18H22F2N2O4. The van der Waals surface area contributed by atoms with Gasteiger partial charge in [0.25, 0.3) is 0 Å². The lowest BCUT2D eigenvalue weighted by molar-refractivity contribution is -0.131. The number of carbonyl (C=O) groups excluding carboxylic acids is 2. The Hall–Kier alpha value is -2.64. The largest absolute Gasteiger partial charge is 0.490 e. The second-order valence-corrected chi connectivity index (χ2v) is 5.66. The molecule has 26 heavy (non-hydrogen) atoms. The van der Waals surface area contributed by atoms with Gasteiger partial charge in [0, 0.05) is 19.2 Å². The smallest absolute Gasteiger partial charge is 0.387 e. The van der Waals surface area contributed by atoms with Crippen LogP contribution in [-0.2, 0) is 9.59 Å². The van der Waals surface area contributed by atoms with E-state index in [0.717, 1.165) is 25.9 Å². The first-order valence-corrected chi connectivity index (χ1v) is 8.45. The third-order valence-electron chi connectivity index (χ3n) is 3.78. The average Bonchev–Trinajstić information content (AvgIpc) is 3.14. The lowest BCUT2D eigenvalue weighted by Crippen LogP contribution is -2.38. The van der Waals surface area contributed by atoms with E-state index in [4.69, 9.17) is 4.74 Å². The van der Waals surface area contributed by atoms with Crippen molar-refractivity contribution < 1.29 is 27.8 Å². The predicted octanol–water partition coefficient (Wildman–Crippen LogP) is 2.44. The fourth-order valence-corrected chi connectivity index (χ4v) is 2.56. The Labute approximate surface area is 150 Å². The maximum atomic E-state index is 12.4. The number of hydrogen-bond acceptors (Lipinski definition) is 4. The monoisotopic (exact) mass is 368 g/mol. The van der Waals surface area contributed by atoms with Crippen LogP contribution in [0.15, 0.2) is 24.3 Å². The molecule has 8 heteroatoms. The summed E-state index contributed by atoms with van der Waals surface area (Å²) in [6.07, 6.45) is 4.76. The van der Waals surface area contributed by atoms with Crippen molar-refractivity contribution in [2.75, 3.05) is 26.2 Å². The highest BCUT2D eigenvalue weighted by molar-refractivity contribution is 5.94. The Morgan fingerprint density at radius 2 is 2.00 bits per heavy atom. The fourth-order valence-electron chi connectivity index (χ4n) is 2.56. The van der Waals surface area contributed by atoms with Gasteiger partial charge in [-0.2, -0.15) is 8.78 Å². The van der Waals surface area contributed by atoms with Crippen molar-refractivity contribution in [3.05, 3.63) is 29.8 Å². The van der Waals surface area contributed by atoms with Crippen molar-refractivity contribution >= 4 is 17.9 Å². The number of benzene rings is 1. The Morgan fingerprint density at radius 3 is 2.65 bits per heavy atom. The van der Waals surface area contributed by atoms with Crippen LogP contribution in [0.2, 0.25) is 0 Å². The highest BCUT2D eigenvalue weighted by atomic mass is 19.3. The van der Waals surface area contributed by atoms with Crippen molar-refractivity contribution in [2.45, 2.75) is 26.4 Å². The Morgan fingerprint density at radius 1 is 1.27 bits per heavy atom. The van der Waals surface area contributed by atoms with E-state index >= 15 is 0 Å². The van der Waals surface area contributed by atoms with Crippen LogP contribution in [0.1, 0.15) is 25.3 Å². The van der Waals surface area contributed by atoms with Gasteiger partial charge in [-0.3, -0.25) is 9.59 Å². The number of likely N-dealkylation sites (tertiary alicyclic amines) is 1. The number of halogens is 2. The van der Waals surface area contributed by atoms with E-state index in [0.29, 0.717) is 5.56 Å². The van der Waals surface area contributed by atoms with Crippen LogP contribution in [-0.4, -0.2) is 49.6 Å². The molecular weight excluding hydrogens is 346 g/mol. The summed E-state index contributed by atoms with van der Waals surface area (Å²) in [5.74, 6) is -0.418. The van der Waals surface area contributed by atoms with Crippen LogP contribution in [0.5, 0.6) is 11.5 Å². The van der Waals surface area contributed by atoms with Crippen LogP contribution in [0.4, 0.5) is 8.78 Å². The molecule has 6 nitrogen and oxygen atoms in total. The summed E-state index contributed by atoms with van der Waals surface area (Å²) >= 11 is 0. The third-order valence-corrected chi connectivity index (χ3v) is 3.78. The Balaban J connectivity index is 1.92. The zero-order chi connectivity index (χ0) is 18.9. The van der Waals surface area contributed by atoms with E-state index in [9.17, 15) is 18.4 Å². The van der Waals surface area contributed by atoms with Crippen molar-refractivity contribution in [2.24, 2.45) is 0 Å². The second kappa shape index (κ2) is 9.74. The zero-order valence-corrected chi connectivity index (χ0v) is 14.5. The molecule has 0 aromatic heterocycles. The summed E-state index contributed by atoms with van der Waals surface area (Å²) in [6, 6.07) is 4.38. The van der Waals surface area contributed by atoms with Gasteiger partial charge in [-0.1, -0.05) is 6.07 Å². The fraction of sp³-hybridized carbons (Fsp3) is 0.444. The first kappa shape index (κ1) is 19.7. The first-order valence-electron chi connectivity index (χ1n) is 8.45. The predicted molar refractivity (Wildman–Crippen MR) is 92.1 cm³/mol. The van der Waals surface area contributed by atoms with Crippen LogP contribution in [0.25, 0.3) is 6.08 Å². The molecule has 1 aromatic rings. The van der Waals surface area contributed by atoms with Gasteiger partial charge in [0.1, 0.15) is 0 Å². The van der Waals surface area contributed by atoms with Gasteiger partial charge in [-0.25, -0.2) is 0 Å². The minimum atomic E-state index is -2.95. The molecule has 1 aromatic carbocycles. The van der Waals surface area contributed by atoms with Crippen molar-refractivity contribution in [1.29, 1.82) is 0 Å². The topological polar surface area (TPSA) is 67.9 Å². The summed E-state index contributed by atoms with van der Waals surface area (Å²) < 4.78 is 34.4. The molecule has 142 valence electrons. The summed E-state index contributed by atoms with van der Waals surface area (Å²) in [7, 11) is 0. The van der Waals surface area contributed by atoms with Crippen LogP contribution < -0.4 is 14.8 Å². The highest BCUT2D eigenvalue weighted by Gasteiger charge is 2.17. The number of ether oxygens (including phenoxy) is 2. The first-order chi connectivity index (χ1) is 12.5. The average molecular weight is 368 g/mol. The van der Waals surface area contributed by atoms with Crippen LogP contribution in [0.3, 0.4) is 0 Å². The molecule has 1 fully saturated rings. The number of amides is 2. The number of nitrogens with one attached hydrogen (secondary N) is 1. The zero-order valence-electron chi connectivity index (χ0n) is 14.5. The maximum Gasteiger partial charge on any atom is 0.387 e.